The standard InChI is InChI=1S/C17H23N3O2S/c1-4-15-20-14(10-23-15)12(2)19-16(21)18-11-17(3,22)13-8-6-5-7-9-13/h5-10,12,22H,4,11H2,1-3H3,(H2,18,19,21). The molecule has 0 saturated carbocycles. The van der Waals surface area contributed by atoms with Gasteiger partial charge in [0.25, 0.3) is 0 Å². The van der Waals surface area contributed by atoms with Crippen LogP contribution in [0.5, 0.6) is 0 Å². The van der Waals surface area contributed by atoms with Gasteiger partial charge in [-0.05, 0) is 25.8 Å². The van der Waals surface area contributed by atoms with Crippen molar-refractivity contribution < 1.29 is 9.90 Å². The highest BCUT2D eigenvalue weighted by atomic mass is 32.1. The monoisotopic (exact) mass is 333 g/mol. The molecule has 0 aliphatic rings. The Bertz CT molecular complexity index is 640. The number of amides is 2. The van der Waals surface area contributed by atoms with Gasteiger partial charge in [-0.1, -0.05) is 37.3 Å². The minimum Gasteiger partial charge on any atom is -0.384 e. The lowest BCUT2D eigenvalue weighted by molar-refractivity contribution is 0.0593. The molecule has 2 rings (SSSR count). The van der Waals surface area contributed by atoms with Gasteiger partial charge in [0.2, 0.25) is 0 Å². The van der Waals surface area contributed by atoms with Gasteiger partial charge in [-0.15, -0.1) is 11.3 Å². The number of carbonyl (C=O) groups excluding carboxylic acids is 1. The van der Waals surface area contributed by atoms with Gasteiger partial charge in [0, 0.05) is 5.38 Å². The number of nitrogens with one attached hydrogen (secondary N) is 2. The Labute approximate surface area is 140 Å². The summed E-state index contributed by atoms with van der Waals surface area (Å²) in [6, 6.07) is 8.79. The number of benzene rings is 1. The molecule has 1 aromatic heterocycles. The summed E-state index contributed by atoms with van der Waals surface area (Å²) in [7, 11) is 0. The molecular weight excluding hydrogens is 310 g/mol. The third kappa shape index (κ3) is 4.77. The molecule has 0 saturated heterocycles. The molecule has 5 nitrogen and oxygen atoms in total. The first-order valence-corrected chi connectivity index (χ1v) is 8.57. The quantitative estimate of drug-likeness (QED) is 0.761. The fourth-order valence-corrected chi connectivity index (χ4v) is 3.00. The number of urea groups is 1. The summed E-state index contributed by atoms with van der Waals surface area (Å²) in [4.78, 5) is 16.5. The number of hydrogen-bond acceptors (Lipinski definition) is 4. The Morgan fingerprint density at radius 1 is 1.39 bits per heavy atom. The fraction of sp³-hybridized carbons (Fsp3) is 0.412. The van der Waals surface area contributed by atoms with E-state index < -0.39 is 5.60 Å². The molecule has 0 bridgehead atoms. The lowest BCUT2D eigenvalue weighted by atomic mass is 9.96. The second-order valence-electron chi connectivity index (χ2n) is 5.71. The van der Waals surface area contributed by atoms with Crippen LogP contribution >= 0.6 is 11.3 Å². The largest absolute Gasteiger partial charge is 0.384 e. The molecule has 0 fully saturated rings. The van der Waals surface area contributed by atoms with E-state index in [1.54, 1.807) is 18.3 Å². The van der Waals surface area contributed by atoms with Crippen molar-refractivity contribution in [3.63, 3.8) is 0 Å². The number of rotatable bonds is 6. The Balaban J connectivity index is 1.87. The van der Waals surface area contributed by atoms with Crippen LogP contribution < -0.4 is 10.6 Å². The van der Waals surface area contributed by atoms with Crippen LogP contribution in [-0.4, -0.2) is 22.7 Å². The minimum absolute atomic E-state index is 0.132. The van der Waals surface area contributed by atoms with E-state index >= 15 is 0 Å². The molecule has 0 aliphatic heterocycles. The number of aryl methyl sites for hydroxylation is 1. The summed E-state index contributed by atoms with van der Waals surface area (Å²) in [5.41, 5.74) is 0.509. The maximum Gasteiger partial charge on any atom is 0.315 e. The SMILES string of the molecule is CCc1nc(C(C)NC(=O)NCC(C)(O)c2ccccc2)cs1. The summed E-state index contributed by atoms with van der Waals surface area (Å²) in [5.74, 6) is 0. The molecule has 6 heteroatoms. The molecule has 0 aliphatic carbocycles. The highest BCUT2D eigenvalue weighted by Crippen LogP contribution is 2.19. The molecule has 2 aromatic rings. The normalized spacial score (nSPS) is 14.8. The van der Waals surface area contributed by atoms with Crippen molar-refractivity contribution in [2.24, 2.45) is 0 Å². The fourth-order valence-electron chi connectivity index (χ4n) is 2.16. The van der Waals surface area contributed by atoms with Gasteiger partial charge in [0.15, 0.2) is 0 Å². The molecule has 2 amide bonds. The molecular formula is C17H23N3O2S. The van der Waals surface area contributed by atoms with E-state index in [1.807, 2.05) is 42.6 Å². The summed E-state index contributed by atoms with van der Waals surface area (Å²) >= 11 is 1.60. The summed E-state index contributed by atoms with van der Waals surface area (Å²) in [6.45, 7) is 5.76. The Morgan fingerprint density at radius 3 is 2.70 bits per heavy atom. The van der Waals surface area contributed by atoms with Gasteiger partial charge in [-0.2, -0.15) is 0 Å². The second-order valence-corrected chi connectivity index (χ2v) is 6.65. The first-order valence-electron chi connectivity index (χ1n) is 7.69. The minimum atomic E-state index is -1.11. The van der Waals surface area contributed by atoms with Crippen molar-refractivity contribution in [3.05, 3.63) is 52.0 Å². The number of thiazole rings is 1. The number of aromatic nitrogens is 1. The smallest absolute Gasteiger partial charge is 0.315 e. The van der Waals surface area contributed by atoms with Gasteiger partial charge in [-0.3, -0.25) is 0 Å². The van der Waals surface area contributed by atoms with Gasteiger partial charge in [0.05, 0.1) is 23.3 Å². The molecule has 2 atom stereocenters. The predicted molar refractivity (Wildman–Crippen MR) is 92.5 cm³/mol. The molecule has 1 aromatic carbocycles. The first-order chi connectivity index (χ1) is 10.9. The van der Waals surface area contributed by atoms with Gasteiger partial charge in [0.1, 0.15) is 5.60 Å². The Kier molecular flexibility index (Phi) is 5.74. The van der Waals surface area contributed by atoms with Crippen LogP contribution in [0.1, 0.15) is 43.1 Å². The lowest BCUT2D eigenvalue weighted by Gasteiger charge is -2.24. The van der Waals surface area contributed by atoms with Crippen molar-refractivity contribution in [3.8, 4) is 0 Å². The molecule has 2 unspecified atom stereocenters. The Hall–Kier alpha value is -1.92. The first kappa shape index (κ1) is 17.4. The van der Waals surface area contributed by atoms with Crippen LogP contribution in [0.15, 0.2) is 35.7 Å². The molecule has 0 spiro atoms. The Morgan fingerprint density at radius 2 is 2.09 bits per heavy atom. The van der Waals surface area contributed by atoms with E-state index in [-0.39, 0.29) is 18.6 Å². The van der Waals surface area contributed by atoms with Crippen LogP contribution in [0.25, 0.3) is 0 Å². The second kappa shape index (κ2) is 7.57. The van der Waals surface area contributed by atoms with E-state index in [9.17, 15) is 9.90 Å². The van der Waals surface area contributed by atoms with Crippen molar-refractivity contribution in [1.29, 1.82) is 0 Å². The number of nitrogens with zero attached hydrogens (tertiary/aromatic N) is 1. The lowest BCUT2D eigenvalue weighted by Crippen LogP contribution is -2.44. The topological polar surface area (TPSA) is 74.2 Å². The van der Waals surface area contributed by atoms with Crippen LogP contribution in [0.3, 0.4) is 0 Å². The van der Waals surface area contributed by atoms with Crippen molar-refractivity contribution in [1.82, 2.24) is 15.6 Å². The molecule has 1 heterocycles. The highest BCUT2D eigenvalue weighted by molar-refractivity contribution is 7.09. The number of hydrogen-bond donors (Lipinski definition) is 3. The zero-order valence-corrected chi connectivity index (χ0v) is 14.5. The van der Waals surface area contributed by atoms with E-state index in [1.165, 1.54) is 0 Å². The van der Waals surface area contributed by atoms with Crippen LogP contribution in [0, 0.1) is 0 Å². The summed E-state index contributed by atoms with van der Waals surface area (Å²) in [6.07, 6.45) is 0.892. The number of carbonyl (C=O) groups is 1. The van der Waals surface area contributed by atoms with E-state index in [0.717, 1.165) is 22.7 Å². The third-order valence-corrected chi connectivity index (χ3v) is 4.66. The van der Waals surface area contributed by atoms with E-state index in [2.05, 4.69) is 22.5 Å². The van der Waals surface area contributed by atoms with Gasteiger partial charge in [-0.25, -0.2) is 9.78 Å². The summed E-state index contributed by atoms with van der Waals surface area (Å²) < 4.78 is 0. The average Bonchev–Trinajstić information content (AvgIpc) is 3.03. The molecule has 23 heavy (non-hydrogen) atoms. The number of aliphatic hydroxyl groups is 1. The molecule has 0 radical (unpaired) electrons. The van der Waals surface area contributed by atoms with Crippen LogP contribution in [-0.2, 0) is 12.0 Å². The molecule has 3 N–H and O–H groups in total. The van der Waals surface area contributed by atoms with E-state index in [0.29, 0.717) is 0 Å². The summed E-state index contributed by atoms with van der Waals surface area (Å²) in [5, 5.41) is 19.0. The maximum atomic E-state index is 12.0. The van der Waals surface area contributed by atoms with Crippen LogP contribution in [0.4, 0.5) is 4.79 Å². The van der Waals surface area contributed by atoms with Gasteiger partial charge >= 0.3 is 6.03 Å². The van der Waals surface area contributed by atoms with Crippen molar-refractivity contribution >= 4 is 17.4 Å². The van der Waals surface area contributed by atoms with Crippen molar-refractivity contribution in [2.45, 2.75) is 38.8 Å². The zero-order chi connectivity index (χ0) is 16.9. The van der Waals surface area contributed by atoms with Crippen LogP contribution in [0.2, 0.25) is 0 Å². The highest BCUT2D eigenvalue weighted by Gasteiger charge is 2.24. The van der Waals surface area contributed by atoms with Crippen molar-refractivity contribution in [2.75, 3.05) is 6.54 Å². The zero-order valence-electron chi connectivity index (χ0n) is 13.7. The average molecular weight is 333 g/mol. The predicted octanol–water partition coefficient (Wildman–Crippen LogP) is 2.97. The third-order valence-electron chi connectivity index (χ3n) is 3.65. The molecule has 124 valence electrons. The van der Waals surface area contributed by atoms with E-state index in [4.69, 9.17) is 0 Å². The maximum absolute atomic E-state index is 12.0. The van der Waals surface area contributed by atoms with Gasteiger partial charge < -0.3 is 15.7 Å².